The molecule has 1 saturated heterocycles. The van der Waals surface area contributed by atoms with Gasteiger partial charge in [-0.2, -0.15) is 0 Å². The van der Waals surface area contributed by atoms with Crippen molar-refractivity contribution in [2.24, 2.45) is 5.16 Å². The third-order valence-electron chi connectivity index (χ3n) is 5.68. The number of nitrogens with two attached hydrogens (primary N) is 1. The van der Waals surface area contributed by atoms with Gasteiger partial charge in [-0.3, -0.25) is 14.5 Å². The fraction of sp³-hybridized carbons (Fsp3) is 0.227. The maximum atomic E-state index is 13.0. The molecular formula is C22H20N7O6S2+. The number of hydrogen-bond acceptors (Lipinski definition) is 11. The minimum Gasteiger partial charge on any atom is -0.477 e. The number of β-lactam (4-membered cyclic amide) rings is 1. The number of anilines is 1. The van der Waals surface area contributed by atoms with E-state index in [-0.39, 0.29) is 28.8 Å². The zero-order chi connectivity index (χ0) is 26.1. The molecule has 5 heterocycles. The summed E-state index contributed by atoms with van der Waals surface area (Å²) in [5, 5.41) is 17.5. The zero-order valence-electron chi connectivity index (χ0n) is 19.2. The summed E-state index contributed by atoms with van der Waals surface area (Å²) in [7, 11) is 1.28. The van der Waals surface area contributed by atoms with Crippen molar-refractivity contribution in [1.29, 1.82) is 0 Å². The molecule has 0 unspecified atom stereocenters. The van der Waals surface area contributed by atoms with Crippen LogP contribution in [0.5, 0.6) is 0 Å². The van der Waals surface area contributed by atoms with Crippen molar-refractivity contribution in [3.05, 3.63) is 59.5 Å². The van der Waals surface area contributed by atoms with Crippen molar-refractivity contribution in [1.82, 2.24) is 20.2 Å². The van der Waals surface area contributed by atoms with Crippen LogP contribution in [-0.2, 0) is 25.8 Å². The van der Waals surface area contributed by atoms with Gasteiger partial charge < -0.3 is 25.4 Å². The summed E-state index contributed by atoms with van der Waals surface area (Å²) in [5.74, 6) is -1.44. The molecule has 190 valence electrons. The highest BCUT2D eigenvalue weighted by molar-refractivity contribution is 8.00. The smallest absolute Gasteiger partial charge is 0.352 e. The number of fused-ring (bicyclic) bond motifs is 1. The average molecular weight is 543 g/mol. The van der Waals surface area contributed by atoms with Crippen LogP contribution in [0.15, 0.2) is 63.3 Å². The van der Waals surface area contributed by atoms with E-state index in [1.165, 1.54) is 30.2 Å². The highest BCUT2D eigenvalue weighted by atomic mass is 32.2. The van der Waals surface area contributed by atoms with Crippen LogP contribution in [0.25, 0.3) is 11.3 Å². The van der Waals surface area contributed by atoms with Crippen LogP contribution in [0.4, 0.5) is 5.13 Å². The SMILES string of the molecule is CON=C(C(=O)N[C@@H]1C(=O)N2C(C(=O)O)=C(C[n+]3ccc(-c4cnco4)cc3)CS[C@H]12)c1csc(N)n1. The van der Waals surface area contributed by atoms with Gasteiger partial charge in [0.05, 0.1) is 6.20 Å². The van der Waals surface area contributed by atoms with Crippen molar-refractivity contribution < 1.29 is 33.3 Å². The van der Waals surface area contributed by atoms with Gasteiger partial charge in [-0.05, 0) is 0 Å². The molecule has 5 rings (SSSR count). The van der Waals surface area contributed by atoms with E-state index in [1.807, 2.05) is 16.7 Å². The highest BCUT2D eigenvalue weighted by Crippen LogP contribution is 2.40. The second-order valence-corrected chi connectivity index (χ2v) is 9.93. The van der Waals surface area contributed by atoms with Crippen LogP contribution in [0.2, 0.25) is 0 Å². The first-order valence-corrected chi connectivity index (χ1v) is 12.7. The second-order valence-electron chi connectivity index (χ2n) is 7.94. The first kappa shape index (κ1) is 24.5. The molecule has 3 aromatic heterocycles. The summed E-state index contributed by atoms with van der Waals surface area (Å²) in [6, 6.07) is 2.73. The van der Waals surface area contributed by atoms with E-state index in [4.69, 9.17) is 15.0 Å². The topological polar surface area (TPSA) is 177 Å². The zero-order valence-corrected chi connectivity index (χ0v) is 20.9. The fourth-order valence-electron chi connectivity index (χ4n) is 4.01. The third-order valence-corrected chi connectivity index (χ3v) is 7.69. The molecule has 1 fully saturated rings. The predicted molar refractivity (Wildman–Crippen MR) is 132 cm³/mol. The van der Waals surface area contributed by atoms with Crippen LogP contribution < -0.4 is 15.6 Å². The number of pyridine rings is 1. The molecule has 15 heteroatoms. The Morgan fingerprint density at radius 2 is 2.19 bits per heavy atom. The van der Waals surface area contributed by atoms with Crippen molar-refractivity contribution in [2.75, 3.05) is 18.6 Å². The number of nitrogen functional groups attached to an aromatic ring is 1. The van der Waals surface area contributed by atoms with E-state index in [2.05, 4.69) is 20.4 Å². The first-order valence-electron chi connectivity index (χ1n) is 10.8. The Balaban J connectivity index is 1.32. The molecule has 0 radical (unpaired) electrons. The molecular weight excluding hydrogens is 522 g/mol. The Labute approximate surface area is 217 Å². The monoisotopic (exact) mass is 542 g/mol. The van der Waals surface area contributed by atoms with Gasteiger partial charge in [-0.15, -0.1) is 23.1 Å². The first-order chi connectivity index (χ1) is 17.9. The third kappa shape index (κ3) is 4.65. The minimum absolute atomic E-state index is 0.0795. The summed E-state index contributed by atoms with van der Waals surface area (Å²) < 4.78 is 7.10. The average Bonchev–Trinajstić information content (AvgIpc) is 3.58. The number of carboxylic acids is 1. The van der Waals surface area contributed by atoms with Gasteiger partial charge in [-0.25, -0.2) is 19.3 Å². The van der Waals surface area contributed by atoms with Gasteiger partial charge >= 0.3 is 5.97 Å². The summed E-state index contributed by atoms with van der Waals surface area (Å²) >= 11 is 2.50. The largest absolute Gasteiger partial charge is 0.477 e. The standard InChI is InChI=1S/C22H19N7O6S2/c1-34-27-15(13-9-37-22(23)25-13)18(30)26-16-19(31)29-17(21(32)33)12(8-36-20(16)29)7-28-4-2-11(3-5-28)14-6-24-10-35-14/h2-6,9-10,16,20H,7-8H2,1H3,(H3-,23,25,26,30,32,33)/p+1/t16-,20-/m1/s1. The van der Waals surface area contributed by atoms with Gasteiger partial charge in [0, 0.05) is 34.4 Å². The van der Waals surface area contributed by atoms with Crippen LogP contribution in [-0.4, -0.2) is 67.7 Å². The molecule has 2 atom stereocenters. The number of aromatic nitrogens is 3. The lowest BCUT2D eigenvalue weighted by atomic mass is 10.0. The molecule has 0 bridgehead atoms. The Kier molecular flexibility index (Phi) is 6.62. The van der Waals surface area contributed by atoms with Crippen LogP contribution in [0, 0.1) is 0 Å². The van der Waals surface area contributed by atoms with Crippen LogP contribution in [0.3, 0.4) is 0 Å². The van der Waals surface area contributed by atoms with E-state index >= 15 is 0 Å². The van der Waals surface area contributed by atoms with E-state index in [9.17, 15) is 19.5 Å². The number of oxazole rings is 1. The maximum Gasteiger partial charge on any atom is 0.352 e. The quantitative estimate of drug-likeness (QED) is 0.157. The molecule has 3 aromatic rings. The number of carbonyl (C=O) groups is 3. The fourth-order valence-corrected chi connectivity index (χ4v) is 5.90. The number of amides is 2. The molecule has 13 nitrogen and oxygen atoms in total. The summed E-state index contributed by atoms with van der Waals surface area (Å²) in [5.41, 5.74) is 7.04. The molecule has 2 amide bonds. The van der Waals surface area contributed by atoms with Crippen LogP contribution >= 0.6 is 23.1 Å². The lowest BCUT2D eigenvalue weighted by molar-refractivity contribution is -0.689. The molecule has 37 heavy (non-hydrogen) atoms. The Bertz CT molecular complexity index is 1420. The molecule has 0 aliphatic carbocycles. The second kappa shape index (κ2) is 10.0. The highest BCUT2D eigenvalue weighted by Gasteiger charge is 2.54. The number of carboxylic acid groups (broad SMARTS) is 1. The maximum absolute atomic E-state index is 13.0. The number of nitrogens with one attached hydrogen (secondary N) is 1. The number of thiazole rings is 1. The Morgan fingerprint density at radius 1 is 1.41 bits per heavy atom. The van der Waals surface area contributed by atoms with Crippen molar-refractivity contribution in [3.8, 4) is 11.3 Å². The van der Waals surface area contributed by atoms with E-state index < -0.39 is 29.2 Å². The molecule has 0 spiro atoms. The number of hydrogen-bond donors (Lipinski definition) is 3. The normalized spacial score (nSPS) is 19.3. The van der Waals surface area contributed by atoms with Crippen molar-refractivity contribution in [2.45, 2.75) is 18.0 Å². The molecule has 4 N–H and O–H groups in total. The summed E-state index contributed by atoms with van der Waals surface area (Å²) in [6.07, 6.45) is 6.54. The lowest BCUT2D eigenvalue weighted by Crippen LogP contribution is -2.71. The Morgan fingerprint density at radius 3 is 2.81 bits per heavy atom. The molecule has 0 aromatic carbocycles. The van der Waals surface area contributed by atoms with E-state index in [1.54, 1.807) is 24.0 Å². The van der Waals surface area contributed by atoms with Gasteiger partial charge in [-0.1, -0.05) is 5.16 Å². The van der Waals surface area contributed by atoms with Gasteiger partial charge in [0.2, 0.25) is 0 Å². The number of thioether (sulfide) groups is 1. The molecule has 2 aliphatic rings. The lowest BCUT2D eigenvalue weighted by Gasteiger charge is -2.49. The number of rotatable bonds is 8. The van der Waals surface area contributed by atoms with Crippen LogP contribution in [0.1, 0.15) is 5.69 Å². The van der Waals surface area contributed by atoms with E-state index in [0.29, 0.717) is 17.1 Å². The molecule has 2 aliphatic heterocycles. The molecule has 0 saturated carbocycles. The van der Waals surface area contributed by atoms with Crippen molar-refractivity contribution in [3.63, 3.8) is 0 Å². The van der Waals surface area contributed by atoms with Gasteiger partial charge in [0.25, 0.3) is 11.8 Å². The Hall–Kier alpha value is -4.24. The number of carbonyl (C=O) groups excluding carboxylic acids is 2. The van der Waals surface area contributed by atoms with E-state index in [0.717, 1.165) is 16.9 Å². The number of aliphatic carboxylic acids is 1. The number of oxime groups is 1. The van der Waals surface area contributed by atoms with Crippen molar-refractivity contribution >= 4 is 51.7 Å². The van der Waals surface area contributed by atoms with Gasteiger partial charge in [0.15, 0.2) is 41.9 Å². The summed E-state index contributed by atoms with van der Waals surface area (Å²) in [6.45, 7) is 0.273. The summed E-state index contributed by atoms with van der Waals surface area (Å²) in [4.78, 5) is 52.0. The number of nitrogens with zero attached hydrogens (tertiary/aromatic N) is 5. The minimum atomic E-state index is -1.21. The predicted octanol–water partition coefficient (Wildman–Crippen LogP) is 0.457. The van der Waals surface area contributed by atoms with Gasteiger partial charge in [0.1, 0.15) is 29.9 Å².